The number of hydrogen-bond acceptors (Lipinski definition) is 3. The molecule has 4 nitrogen and oxygen atoms in total. The lowest BCUT2D eigenvalue weighted by Crippen LogP contribution is -2.47. The Morgan fingerprint density at radius 1 is 1.50 bits per heavy atom. The van der Waals surface area contributed by atoms with Crippen molar-refractivity contribution in [2.45, 2.75) is 25.3 Å². The van der Waals surface area contributed by atoms with Gasteiger partial charge >= 0.3 is 0 Å². The highest BCUT2D eigenvalue weighted by atomic mass is 19.1. The minimum atomic E-state index is -0.943. The van der Waals surface area contributed by atoms with Crippen LogP contribution in [0.1, 0.15) is 19.4 Å². The number of benzene rings is 1. The van der Waals surface area contributed by atoms with Gasteiger partial charge in [-0.15, -0.1) is 0 Å². The standard InChI is InChI=1S/C13H19FN2O2/c1-13(2,8-16-12(18)11(15)7-17)9-5-3-4-6-10(9)14/h3-6,11,17H,7-8,15H2,1-2H3,(H,16,18). The molecule has 1 rings (SSSR count). The van der Waals surface area contributed by atoms with E-state index in [1.807, 2.05) is 13.8 Å². The lowest BCUT2D eigenvalue weighted by molar-refractivity contribution is -0.123. The summed E-state index contributed by atoms with van der Waals surface area (Å²) in [6.45, 7) is 3.50. The molecule has 1 unspecified atom stereocenters. The van der Waals surface area contributed by atoms with Crippen LogP contribution in [0.5, 0.6) is 0 Å². The molecule has 1 amide bonds. The summed E-state index contributed by atoms with van der Waals surface area (Å²) < 4.78 is 13.7. The first-order valence-electron chi connectivity index (χ1n) is 5.77. The molecule has 0 aliphatic carbocycles. The lowest BCUT2D eigenvalue weighted by Gasteiger charge is -2.26. The molecule has 0 aromatic heterocycles. The molecule has 0 radical (unpaired) electrons. The van der Waals surface area contributed by atoms with E-state index in [9.17, 15) is 9.18 Å². The monoisotopic (exact) mass is 254 g/mol. The molecule has 0 spiro atoms. The highest BCUT2D eigenvalue weighted by Gasteiger charge is 2.25. The van der Waals surface area contributed by atoms with E-state index < -0.39 is 24.0 Å². The van der Waals surface area contributed by atoms with Gasteiger partial charge in [-0.2, -0.15) is 0 Å². The molecular weight excluding hydrogens is 235 g/mol. The Labute approximate surface area is 106 Å². The number of carbonyl (C=O) groups is 1. The molecule has 0 fully saturated rings. The van der Waals surface area contributed by atoms with Crippen LogP contribution in [0.15, 0.2) is 24.3 Å². The molecule has 1 aromatic rings. The fraction of sp³-hybridized carbons (Fsp3) is 0.462. The number of aliphatic hydroxyl groups excluding tert-OH is 1. The van der Waals surface area contributed by atoms with Gasteiger partial charge in [0.25, 0.3) is 0 Å². The van der Waals surface area contributed by atoms with Gasteiger partial charge < -0.3 is 16.2 Å². The van der Waals surface area contributed by atoms with Crippen molar-refractivity contribution in [2.24, 2.45) is 5.73 Å². The molecular formula is C13H19FN2O2. The second kappa shape index (κ2) is 5.93. The first kappa shape index (κ1) is 14.6. The predicted molar refractivity (Wildman–Crippen MR) is 67.5 cm³/mol. The second-order valence-electron chi connectivity index (χ2n) is 4.87. The summed E-state index contributed by atoms with van der Waals surface area (Å²) in [6.07, 6.45) is 0. The number of carbonyl (C=O) groups excluding carboxylic acids is 1. The minimum Gasteiger partial charge on any atom is -0.394 e. The Morgan fingerprint density at radius 2 is 2.11 bits per heavy atom. The van der Waals surface area contributed by atoms with Crippen LogP contribution in [0.2, 0.25) is 0 Å². The van der Waals surface area contributed by atoms with Gasteiger partial charge in [0.2, 0.25) is 5.91 Å². The topological polar surface area (TPSA) is 75.4 Å². The normalized spacial score (nSPS) is 13.2. The van der Waals surface area contributed by atoms with Crippen LogP contribution >= 0.6 is 0 Å². The van der Waals surface area contributed by atoms with Crippen LogP contribution < -0.4 is 11.1 Å². The summed E-state index contributed by atoms with van der Waals surface area (Å²) in [6, 6.07) is 5.50. The van der Waals surface area contributed by atoms with Crippen LogP contribution in [0.4, 0.5) is 4.39 Å². The maximum Gasteiger partial charge on any atom is 0.239 e. The van der Waals surface area contributed by atoms with E-state index in [4.69, 9.17) is 10.8 Å². The molecule has 0 saturated heterocycles. The maximum atomic E-state index is 13.7. The first-order chi connectivity index (χ1) is 8.38. The van der Waals surface area contributed by atoms with Crippen molar-refractivity contribution in [2.75, 3.05) is 13.2 Å². The van der Waals surface area contributed by atoms with E-state index in [2.05, 4.69) is 5.32 Å². The zero-order chi connectivity index (χ0) is 13.8. The highest BCUT2D eigenvalue weighted by Crippen LogP contribution is 2.24. The number of hydrogen-bond donors (Lipinski definition) is 3. The zero-order valence-corrected chi connectivity index (χ0v) is 10.6. The van der Waals surface area contributed by atoms with Crippen molar-refractivity contribution in [1.82, 2.24) is 5.32 Å². The summed E-state index contributed by atoms with van der Waals surface area (Å²) in [4.78, 5) is 11.4. The number of halogens is 1. The summed E-state index contributed by atoms with van der Waals surface area (Å²) in [5.41, 5.74) is 5.36. The average molecular weight is 254 g/mol. The SMILES string of the molecule is CC(C)(CNC(=O)C(N)CO)c1ccccc1F. The molecule has 4 N–H and O–H groups in total. The second-order valence-corrected chi connectivity index (χ2v) is 4.87. The van der Waals surface area contributed by atoms with Gasteiger partial charge in [0.15, 0.2) is 0 Å². The summed E-state index contributed by atoms with van der Waals surface area (Å²) in [5, 5.41) is 11.4. The van der Waals surface area contributed by atoms with Crippen LogP contribution in [-0.2, 0) is 10.2 Å². The van der Waals surface area contributed by atoms with E-state index in [0.717, 1.165) is 0 Å². The molecule has 100 valence electrons. The number of amides is 1. The van der Waals surface area contributed by atoms with Gasteiger partial charge in [0.05, 0.1) is 6.61 Å². The Hall–Kier alpha value is -1.46. The van der Waals surface area contributed by atoms with Gasteiger partial charge in [-0.25, -0.2) is 4.39 Å². The number of rotatable bonds is 5. The number of nitrogens with two attached hydrogens (primary N) is 1. The van der Waals surface area contributed by atoms with Crippen LogP contribution in [0, 0.1) is 5.82 Å². The minimum absolute atomic E-state index is 0.250. The smallest absolute Gasteiger partial charge is 0.239 e. The van der Waals surface area contributed by atoms with Crippen LogP contribution in [0.3, 0.4) is 0 Å². The fourth-order valence-corrected chi connectivity index (χ4v) is 1.63. The third-order valence-corrected chi connectivity index (χ3v) is 2.84. The van der Waals surface area contributed by atoms with E-state index in [1.165, 1.54) is 6.07 Å². The van der Waals surface area contributed by atoms with E-state index >= 15 is 0 Å². The number of nitrogens with one attached hydrogen (secondary N) is 1. The van der Waals surface area contributed by atoms with Crippen LogP contribution in [0.25, 0.3) is 0 Å². The highest BCUT2D eigenvalue weighted by molar-refractivity contribution is 5.81. The van der Waals surface area contributed by atoms with E-state index in [0.29, 0.717) is 5.56 Å². The van der Waals surface area contributed by atoms with Crippen molar-refractivity contribution in [3.05, 3.63) is 35.6 Å². The van der Waals surface area contributed by atoms with Gasteiger partial charge in [0.1, 0.15) is 11.9 Å². The summed E-state index contributed by atoms with van der Waals surface area (Å²) >= 11 is 0. The molecule has 1 atom stereocenters. The number of aliphatic hydroxyl groups is 1. The third kappa shape index (κ3) is 3.51. The quantitative estimate of drug-likeness (QED) is 0.718. The Kier molecular flexibility index (Phi) is 4.81. The van der Waals surface area contributed by atoms with Crippen molar-refractivity contribution < 1.29 is 14.3 Å². The van der Waals surface area contributed by atoms with Crippen LogP contribution in [-0.4, -0.2) is 30.2 Å². The zero-order valence-electron chi connectivity index (χ0n) is 10.6. The lowest BCUT2D eigenvalue weighted by atomic mass is 9.84. The predicted octanol–water partition coefficient (Wildman–Crippen LogP) is 0.539. The molecule has 0 bridgehead atoms. The van der Waals surface area contributed by atoms with E-state index in [1.54, 1.807) is 18.2 Å². The van der Waals surface area contributed by atoms with Crippen molar-refractivity contribution >= 4 is 5.91 Å². The summed E-state index contributed by atoms with van der Waals surface area (Å²) in [7, 11) is 0. The molecule has 0 aliphatic heterocycles. The van der Waals surface area contributed by atoms with Gasteiger partial charge in [-0.1, -0.05) is 32.0 Å². The van der Waals surface area contributed by atoms with Crippen molar-refractivity contribution in [3.63, 3.8) is 0 Å². The molecule has 18 heavy (non-hydrogen) atoms. The Balaban J connectivity index is 2.71. The van der Waals surface area contributed by atoms with Gasteiger partial charge in [0, 0.05) is 12.0 Å². The first-order valence-corrected chi connectivity index (χ1v) is 5.77. The average Bonchev–Trinajstić information content (AvgIpc) is 2.35. The Morgan fingerprint density at radius 3 is 2.67 bits per heavy atom. The molecule has 1 aromatic carbocycles. The molecule has 0 heterocycles. The van der Waals surface area contributed by atoms with Gasteiger partial charge in [-0.05, 0) is 11.6 Å². The maximum absolute atomic E-state index is 13.7. The Bertz CT molecular complexity index is 421. The summed E-state index contributed by atoms with van der Waals surface area (Å²) in [5.74, 6) is -0.745. The third-order valence-electron chi connectivity index (χ3n) is 2.84. The molecule has 5 heteroatoms. The largest absolute Gasteiger partial charge is 0.394 e. The van der Waals surface area contributed by atoms with E-state index in [-0.39, 0.29) is 12.4 Å². The van der Waals surface area contributed by atoms with Crippen molar-refractivity contribution in [3.8, 4) is 0 Å². The fourth-order valence-electron chi connectivity index (χ4n) is 1.63. The molecule has 0 aliphatic rings. The molecule has 0 saturated carbocycles. The van der Waals surface area contributed by atoms with Gasteiger partial charge in [-0.3, -0.25) is 4.79 Å². The van der Waals surface area contributed by atoms with Crippen molar-refractivity contribution in [1.29, 1.82) is 0 Å².